The first-order chi connectivity index (χ1) is 6.72. The van der Waals surface area contributed by atoms with Crippen LogP contribution in [0.2, 0.25) is 0 Å². The van der Waals surface area contributed by atoms with Crippen LogP contribution >= 0.6 is 0 Å². The smallest absolute Gasteiger partial charge is 0.0894 e. The average molecular weight is 210 g/mol. The summed E-state index contributed by atoms with van der Waals surface area (Å²) < 4.78 is 0. The van der Waals surface area contributed by atoms with Crippen LogP contribution in [0.1, 0.15) is 0 Å². The van der Waals surface area contributed by atoms with Crippen molar-refractivity contribution in [3.05, 3.63) is 0 Å². The largest absolute Gasteiger partial charge is 0.395 e. The van der Waals surface area contributed by atoms with Gasteiger partial charge in [-0.1, -0.05) is 0 Å². The second-order valence-electron chi connectivity index (χ2n) is 2.59. The molecule has 6 N–H and O–H groups in total. The summed E-state index contributed by atoms with van der Waals surface area (Å²) in [5, 5.41) is 38.5. The van der Waals surface area contributed by atoms with Crippen LogP contribution < -0.4 is 10.6 Å². The average Bonchev–Trinajstić information content (AvgIpc) is 2.20. The van der Waals surface area contributed by atoms with Gasteiger partial charge in [0.15, 0.2) is 0 Å². The third-order valence-electron chi connectivity index (χ3n) is 1.23. The molecule has 0 fully saturated rings. The molecule has 0 aliphatic carbocycles. The standard InChI is InChI=1S/2C4H11NO2/c1-5-2-4(7)3-6;6-3-1-5-2-4-7/h4-7H,2-3H2,1H3;5-7H,1-4H2. The molecule has 6 heteroatoms. The fourth-order valence-electron chi connectivity index (χ4n) is 0.583. The summed E-state index contributed by atoms with van der Waals surface area (Å²) in [6, 6.07) is 0. The minimum Gasteiger partial charge on any atom is -0.395 e. The fraction of sp³-hybridized carbons (Fsp3) is 1.00. The lowest BCUT2D eigenvalue weighted by Gasteiger charge is -2.02. The second-order valence-corrected chi connectivity index (χ2v) is 2.59. The van der Waals surface area contributed by atoms with Gasteiger partial charge in [0.2, 0.25) is 0 Å². The number of rotatable bonds is 7. The summed E-state index contributed by atoms with van der Waals surface area (Å²) in [5.74, 6) is 0. The molecule has 0 aliphatic rings. The van der Waals surface area contributed by atoms with E-state index in [1.807, 2.05) is 0 Å². The number of hydrogen-bond acceptors (Lipinski definition) is 6. The molecular weight excluding hydrogens is 188 g/mol. The van der Waals surface area contributed by atoms with Gasteiger partial charge in [0, 0.05) is 19.6 Å². The molecule has 0 aliphatic heterocycles. The Morgan fingerprint density at radius 3 is 1.79 bits per heavy atom. The lowest BCUT2D eigenvalue weighted by molar-refractivity contribution is 0.0961. The zero-order valence-corrected chi connectivity index (χ0v) is 8.61. The number of nitrogens with one attached hydrogen (secondary N) is 2. The molecule has 1 unspecified atom stereocenters. The summed E-state index contributed by atoms with van der Waals surface area (Å²) in [7, 11) is 1.72. The Hall–Kier alpha value is -0.240. The van der Waals surface area contributed by atoms with Crippen molar-refractivity contribution < 1.29 is 20.4 Å². The Bertz CT molecular complexity index is 91.4. The van der Waals surface area contributed by atoms with Crippen molar-refractivity contribution in [2.45, 2.75) is 6.10 Å². The number of hydrogen-bond donors (Lipinski definition) is 6. The maximum absolute atomic E-state index is 8.55. The Kier molecular flexibility index (Phi) is 17.6. The van der Waals surface area contributed by atoms with Crippen LogP contribution in [0.25, 0.3) is 0 Å². The quantitative estimate of drug-likeness (QED) is 0.252. The zero-order chi connectivity index (χ0) is 11.2. The molecule has 0 bridgehead atoms. The van der Waals surface area contributed by atoms with Crippen molar-refractivity contribution in [1.82, 2.24) is 10.6 Å². The minimum atomic E-state index is -0.606. The molecule has 14 heavy (non-hydrogen) atoms. The molecule has 0 heterocycles. The van der Waals surface area contributed by atoms with Crippen molar-refractivity contribution >= 4 is 0 Å². The fourth-order valence-corrected chi connectivity index (χ4v) is 0.583. The number of aliphatic hydroxyl groups excluding tert-OH is 4. The van der Waals surface area contributed by atoms with Crippen LogP contribution in [0.3, 0.4) is 0 Å². The molecule has 0 saturated carbocycles. The van der Waals surface area contributed by atoms with Gasteiger partial charge in [-0.3, -0.25) is 0 Å². The molecule has 6 nitrogen and oxygen atoms in total. The van der Waals surface area contributed by atoms with Crippen LogP contribution in [0.5, 0.6) is 0 Å². The molecule has 88 valence electrons. The molecule has 1 atom stereocenters. The van der Waals surface area contributed by atoms with Gasteiger partial charge >= 0.3 is 0 Å². The summed E-state index contributed by atoms with van der Waals surface area (Å²) in [6.07, 6.45) is -0.606. The van der Waals surface area contributed by atoms with Gasteiger partial charge in [-0.05, 0) is 7.05 Å². The molecule has 0 aromatic rings. The third kappa shape index (κ3) is 17.7. The van der Waals surface area contributed by atoms with E-state index in [0.29, 0.717) is 19.6 Å². The van der Waals surface area contributed by atoms with E-state index in [2.05, 4.69) is 10.6 Å². The molecule has 0 saturated heterocycles. The van der Waals surface area contributed by atoms with E-state index in [4.69, 9.17) is 20.4 Å². The predicted molar refractivity (Wildman–Crippen MR) is 54.1 cm³/mol. The van der Waals surface area contributed by atoms with Crippen molar-refractivity contribution in [2.24, 2.45) is 0 Å². The van der Waals surface area contributed by atoms with E-state index < -0.39 is 6.10 Å². The van der Waals surface area contributed by atoms with Gasteiger partial charge in [-0.15, -0.1) is 0 Å². The number of likely N-dealkylation sites (N-methyl/N-ethyl adjacent to an activating group) is 1. The van der Waals surface area contributed by atoms with Crippen LogP contribution in [-0.4, -0.2) is 73.0 Å². The highest BCUT2D eigenvalue weighted by atomic mass is 16.3. The topological polar surface area (TPSA) is 105 Å². The molecule has 0 aromatic carbocycles. The summed E-state index contributed by atoms with van der Waals surface area (Å²) in [6.45, 7) is 1.71. The van der Waals surface area contributed by atoms with Crippen molar-refractivity contribution in [1.29, 1.82) is 0 Å². The molecule has 0 aromatic heterocycles. The maximum atomic E-state index is 8.55. The summed E-state index contributed by atoms with van der Waals surface area (Å²) >= 11 is 0. The van der Waals surface area contributed by atoms with Crippen LogP contribution in [0.15, 0.2) is 0 Å². The highest BCUT2D eigenvalue weighted by Gasteiger charge is 1.95. The summed E-state index contributed by atoms with van der Waals surface area (Å²) in [5.41, 5.74) is 0. The molecular formula is C8H22N2O4. The van der Waals surface area contributed by atoms with Gasteiger partial charge in [0.05, 0.1) is 25.9 Å². The SMILES string of the molecule is CNCC(O)CO.OCCNCCO. The second kappa shape index (κ2) is 15.2. The first kappa shape index (κ1) is 16.2. The van der Waals surface area contributed by atoms with Gasteiger partial charge in [0.1, 0.15) is 0 Å². The van der Waals surface area contributed by atoms with Crippen molar-refractivity contribution in [3.8, 4) is 0 Å². The molecule has 0 spiro atoms. The van der Waals surface area contributed by atoms with Crippen LogP contribution in [0, 0.1) is 0 Å². The lowest BCUT2D eigenvalue weighted by atomic mass is 10.4. The highest BCUT2D eigenvalue weighted by Crippen LogP contribution is 1.72. The highest BCUT2D eigenvalue weighted by molar-refractivity contribution is 4.51. The molecule has 0 rings (SSSR count). The Morgan fingerprint density at radius 1 is 1.07 bits per heavy atom. The zero-order valence-electron chi connectivity index (χ0n) is 8.61. The molecule has 0 radical (unpaired) electrons. The Morgan fingerprint density at radius 2 is 1.57 bits per heavy atom. The van der Waals surface area contributed by atoms with Crippen LogP contribution in [-0.2, 0) is 0 Å². The van der Waals surface area contributed by atoms with Crippen molar-refractivity contribution in [3.63, 3.8) is 0 Å². The maximum Gasteiger partial charge on any atom is 0.0894 e. The predicted octanol–water partition coefficient (Wildman–Crippen LogP) is -2.88. The monoisotopic (exact) mass is 210 g/mol. The van der Waals surface area contributed by atoms with Gasteiger partial charge < -0.3 is 31.1 Å². The van der Waals surface area contributed by atoms with Crippen molar-refractivity contribution in [2.75, 3.05) is 46.5 Å². The van der Waals surface area contributed by atoms with Gasteiger partial charge in [0.25, 0.3) is 0 Å². The van der Waals surface area contributed by atoms with E-state index in [1.54, 1.807) is 7.05 Å². The van der Waals surface area contributed by atoms with Crippen LogP contribution in [0.4, 0.5) is 0 Å². The van der Waals surface area contributed by atoms with E-state index >= 15 is 0 Å². The van der Waals surface area contributed by atoms with E-state index in [1.165, 1.54) is 0 Å². The van der Waals surface area contributed by atoms with Gasteiger partial charge in [-0.25, -0.2) is 0 Å². The van der Waals surface area contributed by atoms with E-state index in [9.17, 15) is 0 Å². The molecule has 0 amide bonds. The Balaban J connectivity index is 0. The first-order valence-electron chi connectivity index (χ1n) is 4.58. The van der Waals surface area contributed by atoms with E-state index in [0.717, 1.165) is 0 Å². The first-order valence-corrected chi connectivity index (χ1v) is 4.58. The lowest BCUT2D eigenvalue weighted by Crippen LogP contribution is -2.26. The Labute approximate surface area is 84.6 Å². The van der Waals surface area contributed by atoms with E-state index in [-0.39, 0.29) is 19.8 Å². The normalized spacial score (nSPS) is 11.8. The number of aliphatic hydroxyl groups is 4. The summed E-state index contributed by atoms with van der Waals surface area (Å²) in [4.78, 5) is 0. The third-order valence-corrected chi connectivity index (χ3v) is 1.23. The minimum absolute atomic E-state index is 0.139. The van der Waals surface area contributed by atoms with Gasteiger partial charge in [-0.2, -0.15) is 0 Å².